The van der Waals surface area contributed by atoms with Crippen LogP contribution in [0.4, 0.5) is 11.4 Å². The molecule has 0 radical (unpaired) electrons. The molecule has 2 aromatic rings. The molecule has 1 aromatic heterocycles. The van der Waals surface area contributed by atoms with E-state index in [1.165, 1.54) is 36.7 Å². The monoisotopic (exact) mass is 446 g/mol. The highest BCUT2D eigenvalue weighted by Crippen LogP contribution is 2.22. The van der Waals surface area contributed by atoms with Crippen molar-refractivity contribution < 1.29 is 28.8 Å². The summed E-state index contributed by atoms with van der Waals surface area (Å²) < 4.78 is 11.6. The van der Waals surface area contributed by atoms with Gasteiger partial charge in [-0.2, -0.15) is 5.10 Å². The summed E-state index contributed by atoms with van der Waals surface area (Å²) in [6.07, 6.45) is -0.762. The molecule has 32 heavy (non-hydrogen) atoms. The summed E-state index contributed by atoms with van der Waals surface area (Å²) in [5, 5.41) is 17.8. The van der Waals surface area contributed by atoms with Crippen LogP contribution in [0.1, 0.15) is 59.8 Å². The van der Waals surface area contributed by atoms with Gasteiger partial charge in [-0.15, -0.1) is 0 Å². The first kappa shape index (κ1) is 24.5. The Labute approximate surface area is 184 Å². The molecule has 0 spiro atoms. The van der Waals surface area contributed by atoms with Gasteiger partial charge in [0.2, 0.25) is 5.91 Å². The first-order valence-corrected chi connectivity index (χ1v) is 9.94. The van der Waals surface area contributed by atoms with Crippen molar-refractivity contribution in [3.63, 3.8) is 0 Å². The van der Waals surface area contributed by atoms with E-state index in [4.69, 9.17) is 9.47 Å². The quantitative estimate of drug-likeness (QED) is 0.370. The number of anilines is 1. The van der Waals surface area contributed by atoms with Gasteiger partial charge < -0.3 is 14.8 Å². The Balaban J connectivity index is 2.32. The molecule has 0 aliphatic rings. The van der Waals surface area contributed by atoms with Gasteiger partial charge >= 0.3 is 17.6 Å². The summed E-state index contributed by atoms with van der Waals surface area (Å²) in [6, 6.07) is 4.08. The van der Waals surface area contributed by atoms with Crippen LogP contribution >= 0.6 is 0 Å². The number of nitro groups is 1. The summed E-state index contributed by atoms with van der Waals surface area (Å²) in [7, 11) is 0. The molecule has 0 aliphatic carbocycles. The Morgan fingerprint density at radius 2 is 1.53 bits per heavy atom. The smallest absolute Gasteiger partial charge is 0.338 e. The average molecular weight is 446 g/mol. The van der Waals surface area contributed by atoms with E-state index in [9.17, 15) is 24.5 Å². The first-order chi connectivity index (χ1) is 14.9. The summed E-state index contributed by atoms with van der Waals surface area (Å²) in [5.74, 6) is -1.88. The third kappa shape index (κ3) is 6.13. The number of nitrogens with zero attached hydrogens (tertiary/aromatic N) is 3. The zero-order valence-corrected chi connectivity index (χ0v) is 18.8. The van der Waals surface area contributed by atoms with Crippen molar-refractivity contribution in [3.05, 3.63) is 50.8 Å². The van der Waals surface area contributed by atoms with Gasteiger partial charge in [0.05, 0.1) is 28.3 Å². The lowest BCUT2D eigenvalue weighted by Gasteiger charge is -2.13. The average Bonchev–Trinajstić information content (AvgIpc) is 2.93. The van der Waals surface area contributed by atoms with Gasteiger partial charge in [-0.25, -0.2) is 9.59 Å². The van der Waals surface area contributed by atoms with Crippen LogP contribution < -0.4 is 5.32 Å². The molecule has 0 atom stereocenters. The largest absolute Gasteiger partial charge is 0.459 e. The predicted molar refractivity (Wildman–Crippen MR) is 115 cm³/mol. The van der Waals surface area contributed by atoms with E-state index in [0.717, 1.165) is 0 Å². The lowest BCUT2D eigenvalue weighted by atomic mass is 10.1. The van der Waals surface area contributed by atoms with Crippen molar-refractivity contribution in [3.8, 4) is 0 Å². The molecule has 11 heteroatoms. The molecule has 1 amide bonds. The third-order valence-corrected chi connectivity index (χ3v) is 4.19. The topological polar surface area (TPSA) is 143 Å². The highest BCUT2D eigenvalue weighted by atomic mass is 16.6. The van der Waals surface area contributed by atoms with E-state index in [1.54, 1.807) is 27.7 Å². The Hall–Kier alpha value is -3.76. The number of aromatic nitrogens is 2. The molecule has 0 unspecified atom stereocenters. The summed E-state index contributed by atoms with van der Waals surface area (Å²) in [6.45, 7) is 9.42. The van der Waals surface area contributed by atoms with E-state index in [2.05, 4.69) is 10.4 Å². The molecule has 0 saturated heterocycles. The van der Waals surface area contributed by atoms with Crippen LogP contribution in [-0.2, 0) is 20.8 Å². The molecule has 1 N–H and O–H groups in total. The van der Waals surface area contributed by atoms with Gasteiger partial charge in [-0.1, -0.05) is 0 Å². The van der Waals surface area contributed by atoms with Crippen molar-refractivity contribution in [1.29, 1.82) is 0 Å². The standard InChI is InChI=1S/C21H26N4O7/c1-11(2)31-20(27)15-7-16(21(28)32-12(3)4)9-17(8-15)22-18(26)10-24-14(6)19(25(29)30)13(5)23-24/h7-9,11-12H,10H2,1-6H3,(H,22,26). The van der Waals surface area contributed by atoms with Gasteiger partial charge in [0.15, 0.2) is 0 Å². The number of amides is 1. The fourth-order valence-electron chi connectivity index (χ4n) is 2.94. The minimum absolute atomic E-state index is 0.0639. The number of nitrogens with one attached hydrogen (secondary N) is 1. The Morgan fingerprint density at radius 3 is 1.94 bits per heavy atom. The van der Waals surface area contributed by atoms with Crippen molar-refractivity contribution in [2.45, 2.75) is 60.3 Å². The summed E-state index contributed by atoms with van der Waals surface area (Å²) >= 11 is 0. The molecule has 0 saturated carbocycles. The second-order valence-corrected chi connectivity index (χ2v) is 7.69. The van der Waals surface area contributed by atoms with Gasteiger partial charge in [-0.3, -0.25) is 19.6 Å². The highest BCUT2D eigenvalue weighted by molar-refractivity contribution is 5.99. The molecule has 0 bridgehead atoms. The lowest BCUT2D eigenvalue weighted by molar-refractivity contribution is -0.386. The van der Waals surface area contributed by atoms with Crippen LogP contribution in [0.15, 0.2) is 18.2 Å². The number of benzene rings is 1. The van der Waals surface area contributed by atoms with Gasteiger partial charge in [0, 0.05) is 5.69 Å². The van der Waals surface area contributed by atoms with E-state index in [0.29, 0.717) is 0 Å². The molecule has 1 heterocycles. The number of carbonyl (C=O) groups excluding carboxylic acids is 3. The molecular weight excluding hydrogens is 420 g/mol. The fourth-order valence-corrected chi connectivity index (χ4v) is 2.94. The van der Waals surface area contributed by atoms with Crippen LogP contribution in [0.3, 0.4) is 0 Å². The number of rotatable bonds is 8. The molecule has 2 rings (SSSR count). The Bertz CT molecular complexity index is 1020. The molecule has 0 fully saturated rings. The van der Waals surface area contributed by atoms with Crippen molar-refractivity contribution in [1.82, 2.24) is 9.78 Å². The van der Waals surface area contributed by atoms with Crippen LogP contribution in [-0.4, -0.2) is 44.8 Å². The van der Waals surface area contributed by atoms with E-state index >= 15 is 0 Å². The van der Waals surface area contributed by atoms with Gasteiger partial charge in [-0.05, 0) is 59.7 Å². The van der Waals surface area contributed by atoms with Crippen LogP contribution in [0.25, 0.3) is 0 Å². The molecule has 1 aromatic carbocycles. The molecular formula is C21H26N4O7. The maximum atomic E-state index is 12.6. The van der Waals surface area contributed by atoms with Crippen LogP contribution in [0, 0.1) is 24.0 Å². The third-order valence-electron chi connectivity index (χ3n) is 4.19. The zero-order valence-electron chi connectivity index (χ0n) is 18.8. The minimum atomic E-state index is -0.663. The number of ether oxygens (including phenoxy) is 2. The number of carbonyl (C=O) groups is 3. The Morgan fingerprint density at radius 1 is 1.03 bits per heavy atom. The second-order valence-electron chi connectivity index (χ2n) is 7.69. The maximum absolute atomic E-state index is 12.6. The molecule has 172 valence electrons. The zero-order chi connectivity index (χ0) is 24.2. The highest BCUT2D eigenvalue weighted by Gasteiger charge is 2.23. The van der Waals surface area contributed by atoms with Crippen molar-refractivity contribution in [2.24, 2.45) is 0 Å². The number of hydrogen-bond donors (Lipinski definition) is 1. The summed E-state index contributed by atoms with van der Waals surface area (Å²) in [4.78, 5) is 47.9. The Kier molecular flexibility index (Phi) is 7.68. The van der Waals surface area contributed by atoms with E-state index < -0.39 is 22.8 Å². The maximum Gasteiger partial charge on any atom is 0.338 e. The van der Waals surface area contributed by atoms with Gasteiger partial charge in [0.25, 0.3) is 0 Å². The van der Waals surface area contributed by atoms with E-state index in [1.807, 2.05) is 0 Å². The van der Waals surface area contributed by atoms with E-state index in [-0.39, 0.29) is 52.6 Å². The van der Waals surface area contributed by atoms with Gasteiger partial charge in [0.1, 0.15) is 17.9 Å². The number of esters is 2. The van der Waals surface area contributed by atoms with Crippen LogP contribution in [0.5, 0.6) is 0 Å². The first-order valence-electron chi connectivity index (χ1n) is 9.94. The number of hydrogen-bond acceptors (Lipinski definition) is 8. The molecule has 11 nitrogen and oxygen atoms in total. The SMILES string of the molecule is Cc1nn(CC(=O)Nc2cc(C(=O)OC(C)C)cc(C(=O)OC(C)C)c2)c(C)c1[N+](=O)[O-]. The fraction of sp³-hybridized carbons (Fsp3) is 0.429. The number of aryl methyl sites for hydroxylation is 1. The normalized spacial score (nSPS) is 10.9. The van der Waals surface area contributed by atoms with Crippen molar-refractivity contribution in [2.75, 3.05) is 5.32 Å². The lowest BCUT2D eigenvalue weighted by Crippen LogP contribution is -2.21. The minimum Gasteiger partial charge on any atom is -0.459 e. The van der Waals surface area contributed by atoms with Crippen LogP contribution in [0.2, 0.25) is 0 Å². The second kappa shape index (κ2) is 10.0. The summed E-state index contributed by atoms with van der Waals surface area (Å²) in [5.41, 5.74) is 0.563. The van der Waals surface area contributed by atoms with Crippen molar-refractivity contribution >= 4 is 29.2 Å². The predicted octanol–water partition coefficient (Wildman–Crippen LogP) is 3.18. The molecule has 0 aliphatic heterocycles.